The van der Waals surface area contributed by atoms with Gasteiger partial charge in [0.2, 0.25) is 0 Å². The van der Waals surface area contributed by atoms with Gasteiger partial charge in [-0.2, -0.15) is 0 Å². The number of para-hydroxylation sites is 1. The third-order valence-electron chi connectivity index (χ3n) is 2.08. The van der Waals surface area contributed by atoms with Crippen LogP contribution in [0, 0.1) is 0 Å². The molecule has 0 bridgehead atoms. The molecule has 0 radical (unpaired) electrons. The van der Waals surface area contributed by atoms with Crippen molar-refractivity contribution in [2.45, 2.75) is 19.4 Å². The van der Waals surface area contributed by atoms with Gasteiger partial charge < -0.3 is 15.2 Å². The van der Waals surface area contributed by atoms with Crippen LogP contribution in [0.25, 0.3) is 0 Å². The maximum absolute atomic E-state index is 11.2. The Balaban J connectivity index is 2.15. The predicted octanol–water partition coefficient (Wildman–Crippen LogP) is 1.35. The lowest BCUT2D eigenvalue weighted by atomic mass is 10.2. The molecule has 4 nitrogen and oxygen atoms in total. The van der Waals surface area contributed by atoms with Crippen molar-refractivity contribution in [2.75, 3.05) is 13.2 Å². The SMILES string of the molecule is CCC(N)C(=O)OCCOc1ccccc1. The standard InChI is InChI=1S/C12H17NO3/c1-2-11(13)12(14)16-9-8-15-10-6-4-3-5-7-10/h3-7,11H,2,8-9,13H2,1H3. The molecule has 0 heterocycles. The van der Waals surface area contributed by atoms with Gasteiger partial charge >= 0.3 is 5.97 Å². The van der Waals surface area contributed by atoms with Crippen LogP contribution in [0.1, 0.15) is 13.3 Å². The highest BCUT2D eigenvalue weighted by Gasteiger charge is 2.11. The van der Waals surface area contributed by atoms with Gasteiger partial charge in [-0.1, -0.05) is 25.1 Å². The zero-order chi connectivity index (χ0) is 11.8. The van der Waals surface area contributed by atoms with Crippen molar-refractivity contribution in [1.29, 1.82) is 0 Å². The average Bonchev–Trinajstić information content (AvgIpc) is 2.34. The summed E-state index contributed by atoms with van der Waals surface area (Å²) in [7, 11) is 0. The summed E-state index contributed by atoms with van der Waals surface area (Å²) in [6.45, 7) is 2.40. The smallest absolute Gasteiger partial charge is 0.323 e. The van der Waals surface area contributed by atoms with Crippen molar-refractivity contribution in [1.82, 2.24) is 0 Å². The lowest BCUT2D eigenvalue weighted by Crippen LogP contribution is -2.32. The van der Waals surface area contributed by atoms with Crippen LogP contribution in [0.4, 0.5) is 0 Å². The third-order valence-corrected chi connectivity index (χ3v) is 2.08. The highest BCUT2D eigenvalue weighted by atomic mass is 16.6. The number of ether oxygens (including phenoxy) is 2. The summed E-state index contributed by atoms with van der Waals surface area (Å²) in [4.78, 5) is 11.2. The van der Waals surface area contributed by atoms with E-state index in [-0.39, 0.29) is 12.6 Å². The fraction of sp³-hybridized carbons (Fsp3) is 0.417. The summed E-state index contributed by atoms with van der Waals surface area (Å²) in [5, 5.41) is 0. The molecule has 0 amide bonds. The van der Waals surface area contributed by atoms with Crippen molar-refractivity contribution in [3.8, 4) is 5.75 Å². The first-order chi connectivity index (χ1) is 7.74. The fourth-order valence-corrected chi connectivity index (χ4v) is 1.09. The number of nitrogens with two attached hydrogens (primary N) is 1. The van der Waals surface area contributed by atoms with Gasteiger partial charge in [0.1, 0.15) is 25.0 Å². The first-order valence-electron chi connectivity index (χ1n) is 5.34. The van der Waals surface area contributed by atoms with Crippen LogP contribution in [-0.4, -0.2) is 25.2 Å². The van der Waals surface area contributed by atoms with Gasteiger partial charge in [0.25, 0.3) is 0 Å². The second-order valence-corrected chi connectivity index (χ2v) is 3.34. The Morgan fingerprint density at radius 2 is 2.00 bits per heavy atom. The molecule has 0 fully saturated rings. The molecule has 1 aromatic carbocycles. The van der Waals surface area contributed by atoms with E-state index in [0.29, 0.717) is 13.0 Å². The number of hydrogen-bond donors (Lipinski definition) is 1. The van der Waals surface area contributed by atoms with E-state index in [9.17, 15) is 4.79 Å². The van der Waals surface area contributed by atoms with E-state index in [1.165, 1.54) is 0 Å². The number of benzene rings is 1. The summed E-state index contributed by atoms with van der Waals surface area (Å²) < 4.78 is 10.3. The van der Waals surface area contributed by atoms with Gasteiger partial charge in [0.05, 0.1) is 0 Å². The van der Waals surface area contributed by atoms with E-state index in [0.717, 1.165) is 5.75 Å². The summed E-state index contributed by atoms with van der Waals surface area (Å²) in [6.07, 6.45) is 0.582. The first-order valence-corrected chi connectivity index (χ1v) is 5.34. The van der Waals surface area contributed by atoms with Gasteiger partial charge in [-0.3, -0.25) is 4.79 Å². The minimum absolute atomic E-state index is 0.224. The topological polar surface area (TPSA) is 61.6 Å². The molecule has 16 heavy (non-hydrogen) atoms. The molecule has 0 aliphatic heterocycles. The van der Waals surface area contributed by atoms with Crippen molar-refractivity contribution < 1.29 is 14.3 Å². The van der Waals surface area contributed by atoms with Gasteiger partial charge in [-0.05, 0) is 18.6 Å². The van der Waals surface area contributed by atoms with Gasteiger partial charge in [0.15, 0.2) is 0 Å². The Labute approximate surface area is 95.3 Å². The highest BCUT2D eigenvalue weighted by Crippen LogP contribution is 2.07. The Hall–Kier alpha value is -1.55. The summed E-state index contributed by atoms with van der Waals surface area (Å²) in [5.41, 5.74) is 5.49. The second kappa shape index (κ2) is 6.85. The molecule has 0 saturated heterocycles. The second-order valence-electron chi connectivity index (χ2n) is 3.34. The molecule has 1 rings (SSSR count). The largest absolute Gasteiger partial charge is 0.490 e. The van der Waals surface area contributed by atoms with Crippen molar-refractivity contribution in [2.24, 2.45) is 5.73 Å². The maximum Gasteiger partial charge on any atom is 0.323 e. The van der Waals surface area contributed by atoms with E-state index >= 15 is 0 Å². The van der Waals surface area contributed by atoms with Gasteiger partial charge in [-0.15, -0.1) is 0 Å². The van der Waals surface area contributed by atoms with Crippen LogP contribution < -0.4 is 10.5 Å². The molecule has 0 spiro atoms. The minimum Gasteiger partial charge on any atom is -0.490 e. The van der Waals surface area contributed by atoms with E-state index in [2.05, 4.69) is 0 Å². The molecule has 0 aliphatic carbocycles. The molecule has 1 unspecified atom stereocenters. The molecule has 0 aliphatic rings. The Kier molecular flexibility index (Phi) is 5.36. The summed E-state index contributed by atoms with van der Waals surface area (Å²) >= 11 is 0. The molecular formula is C12H17NO3. The number of carbonyl (C=O) groups is 1. The number of hydrogen-bond acceptors (Lipinski definition) is 4. The molecule has 1 atom stereocenters. The quantitative estimate of drug-likeness (QED) is 0.584. The number of rotatable bonds is 6. The Morgan fingerprint density at radius 3 is 2.62 bits per heavy atom. The molecular weight excluding hydrogens is 206 g/mol. The normalized spacial score (nSPS) is 11.9. The number of carbonyl (C=O) groups excluding carboxylic acids is 1. The van der Waals surface area contributed by atoms with Crippen LogP contribution in [0.3, 0.4) is 0 Å². The third kappa shape index (κ3) is 4.31. The predicted molar refractivity (Wildman–Crippen MR) is 61.2 cm³/mol. The Morgan fingerprint density at radius 1 is 1.31 bits per heavy atom. The van der Waals surface area contributed by atoms with Crippen LogP contribution in [0.5, 0.6) is 5.75 Å². The van der Waals surface area contributed by atoms with Gasteiger partial charge in [0, 0.05) is 0 Å². The van der Waals surface area contributed by atoms with Crippen molar-refractivity contribution in [3.05, 3.63) is 30.3 Å². The van der Waals surface area contributed by atoms with E-state index in [1.54, 1.807) is 0 Å². The van der Waals surface area contributed by atoms with Crippen LogP contribution >= 0.6 is 0 Å². The lowest BCUT2D eigenvalue weighted by Gasteiger charge is -2.10. The zero-order valence-corrected chi connectivity index (χ0v) is 9.39. The highest BCUT2D eigenvalue weighted by molar-refractivity contribution is 5.75. The van der Waals surface area contributed by atoms with E-state index < -0.39 is 6.04 Å². The minimum atomic E-state index is -0.531. The van der Waals surface area contributed by atoms with Gasteiger partial charge in [-0.25, -0.2) is 0 Å². The number of esters is 1. The van der Waals surface area contributed by atoms with E-state index in [1.807, 2.05) is 37.3 Å². The zero-order valence-electron chi connectivity index (χ0n) is 9.39. The van der Waals surface area contributed by atoms with Crippen LogP contribution in [0.15, 0.2) is 30.3 Å². The molecule has 88 valence electrons. The maximum atomic E-state index is 11.2. The van der Waals surface area contributed by atoms with Crippen molar-refractivity contribution >= 4 is 5.97 Å². The van der Waals surface area contributed by atoms with Crippen LogP contribution in [-0.2, 0) is 9.53 Å². The van der Waals surface area contributed by atoms with Crippen molar-refractivity contribution in [3.63, 3.8) is 0 Å². The lowest BCUT2D eigenvalue weighted by molar-refractivity contribution is -0.146. The van der Waals surface area contributed by atoms with E-state index in [4.69, 9.17) is 15.2 Å². The fourth-order valence-electron chi connectivity index (χ4n) is 1.09. The molecule has 4 heteroatoms. The Bertz CT molecular complexity index is 313. The molecule has 2 N–H and O–H groups in total. The molecule has 0 saturated carbocycles. The molecule has 0 aromatic heterocycles. The summed E-state index contributed by atoms with van der Waals surface area (Å²) in [6, 6.07) is 8.84. The summed E-state index contributed by atoms with van der Waals surface area (Å²) in [5.74, 6) is 0.387. The molecule has 1 aromatic rings. The first kappa shape index (κ1) is 12.5. The monoisotopic (exact) mass is 223 g/mol. The van der Waals surface area contributed by atoms with Crippen LogP contribution in [0.2, 0.25) is 0 Å². The average molecular weight is 223 g/mol.